The summed E-state index contributed by atoms with van der Waals surface area (Å²) in [6.07, 6.45) is -0.423. The van der Waals surface area contributed by atoms with Crippen molar-refractivity contribution in [2.24, 2.45) is 0 Å². The van der Waals surface area contributed by atoms with Gasteiger partial charge < -0.3 is 40.0 Å². The molecule has 13 heteroatoms. The third-order valence-corrected chi connectivity index (χ3v) is 6.25. The van der Waals surface area contributed by atoms with E-state index in [1.165, 1.54) is 25.2 Å². The number of thioether (sulfide) groups is 1. The molecule has 1 amide bonds. The Kier molecular flexibility index (Phi) is 8.86. The lowest BCUT2D eigenvalue weighted by Crippen LogP contribution is -2.43. The van der Waals surface area contributed by atoms with Crippen molar-refractivity contribution in [1.29, 1.82) is 0 Å². The van der Waals surface area contributed by atoms with Crippen LogP contribution in [0.5, 0.6) is 0 Å². The van der Waals surface area contributed by atoms with Crippen LogP contribution in [0.2, 0.25) is 0 Å². The van der Waals surface area contributed by atoms with Crippen molar-refractivity contribution in [2.45, 2.75) is 43.9 Å². The van der Waals surface area contributed by atoms with E-state index < -0.39 is 42.5 Å². The van der Waals surface area contributed by atoms with Gasteiger partial charge in [-0.25, -0.2) is 14.8 Å². The minimum Gasteiger partial charge on any atom is -0.464 e. The first kappa shape index (κ1) is 25.2. The van der Waals surface area contributed by atoms with E-state index in [4.69, 9.17) is 19.9 Å². The molecule has 0 saturated carbocycles. The van der Waals surface area contributed by atoms with Gasteiger partial charge in [0.25, 0.3) is 0 Å². The van der Waals surface area contributed by atoms with Gasteiger partial charge in [-0.2, -0.15) is 11.8 Å². The number of nitrogens with zero attached hydrogens (tertiary/aromatic N) is 3. The van der Waals surface area contributed by atoms with Crippen molar-refractivity contribution in [3.63, 3.8) is 0 Å². The molecule has 1 fully saturated rings. The molecule has 1 saturated heterocycles. The summed E-state index contributed by atoms with van der Waals surface area (Å²) in [7, 11) is 1.39. The lowest BCUT2D eigenvalue weighted by atomic mass is 10.1. The predicted octanol–water partition coefficient (Wildman–Crippen LogP) is -0.550. The van der Waals surface area contributed by atoms with Crippen LogP contribution in [0, 0.1) is 0 Å². The fourth-order valence-electron chi connectivity index (χ4n) is 3.55. The highest BCUT2D eigenvalue weighted by molar-refractivity contribution is 7.99. The summed E-state index contributed by atoms with van der Waals surface area (Å²) in [5.74, 6) is 0.237. The van der Waals surface area contributed by atoms with Crippen molar-refractivity contribution in [1.82, 2.24) is 19.9 Å². The number of carbonyl (C=O) groups is 2. The van der Waals surface area contributed by atoms with Crippen LogP contribution in [0.25, 0.3) is 11.0 Å². The fraction of sp³-hybridized carbons (Fsp3) is 0.600. The Bertz CT molecular complexity index is 958. The second kappa shape index (κ2) is 11.6. The number of amides is 1. The van der Waals surface area contributed by atoms with Crippen LogP contribution >= 0.6 is 11.8 Å². The molecular formula is C20H29N5O7S. The Morgan fingerprint density at radius 2 is 2.15 bits per heavy atom. The molecule has 0 aromatic carbocycles. The van der Waals surface area contributed by atoms with E-state index in [1.807, 2.05) is 0 Å². The van der Waals surface area contributed by atoms with Crippen LogP contribution in [-0.4, -0.2) is 92.8 Å². The first-order valence-electron chi connectivity index (χ1n) is 10.5. The number of ether oxygens (including phenoxy) is 3. The minimum absolute atomic E-state index is 0.158. The molecule has 0 spiro atoms. The van der Waals surface area contributed by atoms with Crippen LogP contribution in [0.15, 0.2) is 18.6 Å². The van der Waals surface area contributed by atoms with E-state index in [1.54, 1.807) is 23.8 Å². The van der Waals surface area contributed by atoms with Crippen LogP contribution in [0.3, 0.4) is 0 Å². The molecule has 0 bridgehead atoms. The zero-order valence-electron chi connectivity index (χ0n) is 18.4. The Morgan fingerprint density at radius 1 is 1.36 bits per heavy atom. The molecular weight excluding hydrogens is 454 g/mol. The lowest BCUT2D eigenvalue weighted by molar-refractivity contribution is -0.147. The minimum atomic E-state index is -1.16. The fourth-order valence-corrected chi connectivity index (χ4v) is 4.63. The van der Waals surface area contributed by atoms with Gasteiger partial charge in [0.15, 0.2) is 6.23 Å². The highest BCUT2D eigenvalue weighted by atomic mass is 32.2. The number of nitrogen functional groups attached to an aromatic ring is 1. The number of anilines is 1. The summed E-state index contributed by atoms with van der Waals surface area (Å²) >= 11 is 1.42. The molecule has 0 radical (unpaired) electrons. The molecule has 33 heavy (non-hydrogen) atoms. The average molecular weight is 484 g/mol. The Morgan fingerprint density at radius 3 is 2.88 bits per heavy atom. The molecule has 2 aromatic heterocycles. The highest BCUT2D eigenvalue weighted by Gasteiger charge is 2.44. The molecule has 0 aliphatic carbocycles. The van der Waals surface area contributed by atoms with Crippen LogP contribution in [0.1, 0.15) is 19.6 Å². The van der Waals surface area contributed by atoms with E-state index in [-0.39, 0.29) is 13.2 Å². The van der Waals surface area contributed by atoms with Crippen molar-refractivity contribution >= 4 is 40.5 Å². The van der Waals surface area contributed by atoms with Gasteiger partial charge in [-0.05, 0) is 25.2 Å². The van der Waals surface area contributed by atoms with Gasteiger partial charge in [-0.3, -0.25) is 4.79 Å². The van der Waals surface area contributed by atoms with Crippen molar-refractivity contribution < 1.29 is 34.0 Å². The molecule has 1 aliphatic rings. The summed E-state index contributed by atoms with van der Waals surface area (Å²) in [4.78, 5) is 32.1. The molecule has 1 unspecified atom stereocenters. The number of aromatic nitrogens is 3. The van der Waals surface area contributed by atoms with Gasteiger partial charge in [0.2, 0.25) is 5.91 Å². The monoisotopic (exact) mass is 483 g/mol. The second-order valence-corrected chi connectivity index (χ2v) is 8.58. The van der Waals surface area contributed by atoms with E-state index in [9.17, 15) is 19.8 Å². The number of carbonyl (C=O) groups excluding carboxylic acids is 2. The van der Waals surface area contributed by atoms with Crippen molar-refractivity contribution in [2.75, 3.05) is 37.6 Å². The van der Waals surface area contributed by atoms with Crippen LogP contribution in [-0.2, 0) is 23.8 Å². The molecule has 1 aliphatic heterocycles. The Labute approximate surface area is 194 Å². The molecule has 2 aromatic rings. The number of rotatable bonds is 11. The summed E-state index contributed by atoms with van der Waals surface area (Å²) in [6.45, 7) is 1.74. The van der Waals surface area contributed by atoms with E-state index >= 15 is 0 Å². The summed E-state index contributed by atoms with van der Waals surface area (Å²) in [5.41, 5.74) is 6.36. The number of fused-ring (bicyclic) bond motifs is 1. The summed E-state index contributed by atoms with van der Waals surface area (Å²) < 4.78 is 17.3. The molecule has 3 heterocycles. The quantitative estimate of drug-likeness (QED) is 0.239. The first-order chi connectivity index (χ1) is 15.9. The number of methoxy groups -OCH3 is 1. The van der Waals surface area contributed by atoms with Gasteiger partial charge in [0, 0.05) is 19.1 Å². The van der Waals surface area contributed by atoms with E-state index in [0.29, 0.717) is 34.8 Å². The standard InChI is InChI=1S/C20H29N5O7S/c1-3-31-20(29)12(24-14(26)8-30-2)5-7-33-9-13-15(27)16(28)19(32-13)25-6-4-11-17(21)22-10-23-18(11)25/h4,6,10,12-13,15-16,19,27-28H,3,5,7-9H2,1-2H3,(H,24,26)(H2,21,22,23)/t12?,13-,15-,16-,19-/m1/s1. The largest absolute Gasteiger partial charge is 0.464 e. The molecule has 5 atom stereocenters. The normalized spacial score (nSPS) is 23.5. The topological polar surface area (TPSA) is 171 Å². The van der Waals surface area contributed by atoms with E-state index in [2.05, 4.69) is 15.3 Å². The molecule has 5 N–H and O–H groups in total. The summed E-state index contributed by atoms with van der Waals surface area (Å²) in [6, 6.07) is 0.923. The first-order valence-corrected chi connectivity index (χ1v) is 11.6. The zero-order valence-corrected chi connectivity index (χ0v) is 19.2. The van der Waals surface area contributed by atoms with Gasteiger partial charge >= 0.3 is 5.97 Å². The number of hydrogen-bond donors (Lipinski definition) is 4. The SMILES string of the molecule is CCOC(=O)C(CCSC[C@H]1O[C@@H](n2ccc3c(N)ncnc32)[C@H](O)[C@@H]1O)NC(=O)COC. The lowest BCUT2D eigenvalue weighted by Gasteiger charge is -2.18. The summed E-state index contributed by atoms with van der Waals surface area (Å²) in [5, 5.41) is 24.3. The third kappa shape index (κ3) is 5.92. The zero-order chi connectivity index (χ0) is 24.0. The maximum atomic E-state index is 12.1. The van der Waals surface area contributed by atoms with Crippen LogP contribution in [0.4, 0.5) is 5.82 Å². The van der Waals surface area contributed by atoms with Crippen molar-refractivity contribution in [3.05, 3.63) is 18.6 Å². The Hall–Kier alpha value is -2.45. The third-order valence-electron chi connectivity index (χ3n) is 5.17. The maximum Gasteiger partial charge on any atom is 0.328 e. The van der Waals surface area contributed by atoms with Crippen LogP contribution < -0.4 is 11.1 Å². The highest BCUT2D eigenvalue weighted by Crippen LogP contribution is 2.34. The maximum absolute atomic E-state index is 12.1. The van der Waals surface area contributed by atoms with Crippen molar-refractivity contribution in [3.8, 4) is 0 Å². The van der Waals surface area contributed by atoms with Gasteiger partial charge in [-0.15, -0.1) is 0 Å². The number of nitrogens with one attached hydrogen (secondary N) is 1. The number of aliphatic hydroxyl groups excluding tert-OH is 2. The number of nitrogens with two attached hydrogens (primary N) is 1. The Balaban J connectivity index is 1.56. The van der Waals surface area contributed by atoms with Gasteiger partial charge in [0.1, 0.15) is 42.6 Å². The van der Waals surface area contributed by atoms with Gasteiger partial charge in [0.05, 0.1) is 18.1 Å². The molecule has 3 rings (SSSR count). The molecule has 12 nitrogen and oxygen atoms in total. The smallest absolute Gasteiger partial charge is 0.328 e. The average Bonchev–Trinajstić information content (AvgIpc) is 3.33. The number of esters is 1. The number of aliphatic hydroxyl groups is 2. The van der Waals surface area contributed by atoms with E-state index in [0.717, 1.165) is 0 Å². The predicted molar refractivity (Wildman–Crippen MR) is 120 cm³/mol. The van der Waals surface area contributed by atoms with Gasteiger partial charge in [-0.1, -0.05) is 0 Å². The number of hydrogen-bond acceptors (Lipinski definition) is 11. The second-order valence-electron chi connectivity index (χ2n) is 7.43. The molecule has 182 valence electrons.